The van der Waals surface area contributed by atoms with Crippen molar-refractivity contribution < 1.29 is 18.3 Å². The smallest absolute Gasteiger partial charge is 0.150 e. The van der Waals surface area contributed by atoms with Crippen molar-refractivity contribution >= 4 is 9.84 Å². The fraction of sp³-hybridized carbons (Fsp3) is 0.600. The number of aliphatic hydroxyl groups excluding tert-OH is 1. The molecular weight excluding hydrogens is 276 g/mol. The number of para-hydroxylation sites is 1. The van der Waals surface area contributed by atoms with Crippen LogP contribution < -0.4 is 4.74 Å². The first-order chi connectivity index (χ1) is 9.43. The van der Waals surface area contributed by atoms with Gasteiger partial charge in [-0.2, -0.15) is 0 Å². The van der Waals surface area contributed by atoms with Gasteiger partial charge in [0.15, 0.2) is 0 Å². The number of ether oxygens (including phenoxy) is 1. The zero-order valence-corrected chi connectivity index (χ0v) is 12.8. The molecule has 1 aromatic rings. The quantitative estimate of drug-likeness (QED) is 0.926. The van der Waals surface area contributed by atoms with Gasteiger partial charge in [0.2, 0.25) is 0 Å². The molecule has 0 aliphatic heterocycles. The second kappa shape index (κ2) is 6.14. The number of methoxy groups -OCH3 is 1. The first-order valence-corrected chi connectivity index (χ1v) is 8.88. The van der Waals surface area contributed by atoms with Crippen LogP contribution in [-0.4, -0.2) is 32.1 Å². The molecule has 1 aliphatic carbocycles. The predicted molar refractivity (Wildman–Crippen MR) is 78.5 cm³/mol. The lowest BCUT2D eigenvalue weighted by molar-refractivity contribution is 0.0833. The lowest BCUT2D eigenvalue weighted by atomic mass is 9.82. The molecule has 3 unspecified atom stereocenters. The van der Waals surface area contributed by atoms with Gasteiger partial charge in [-0.1, -0.05) is 24.6 Å². The third kappa shape index (κ3) is 3.33. The van der Waals surface area contributed by atoms with Gasteiger partial charge in [0, 0.05) is 11.8 Å². The van der Waals surface area contributed by atoms with Crippen LogP contribution in [0.15, 0.2) is 24.3 Å². The molecule has 0 saturated heterocycles. The molecule has 2 rings (SSSR count). The summed E-state index contributed by atoms with van der Waals surface area (Å²) in [4.78, 5) is 0. The molecule has 112 valence electrons. The Morgan fingerprint density at radius 3 is 2.65 bits per heavy atom. The lowest BCUT2D eigenvalue weighted by Crippen LogP contribution is -2.30. The Kier molecular flexibility index (Phi) is 4.70. The van der Waals surface area contributed by atoms with Gasteiger partial charge in [0.1, 0.15) is 15.6 Å². The molecule has 0 spiro atoms. The molecule has 1 N–H and O–H groups in total. The number of rotatable bonds is 4. The van der Waals surface area contributed by atoms with Crippen molar-refractivity contribution in [1.82, 2.24) is 0 Å². The molecule has 0 radical (unpaired) electrons. The summed E-state index contributed by atoms with van der Waals surface area (Å²) in [5.74, 6) is 0.626. The summed E-state index contributed by atoms with van der Waals surface area (Å²) in [6.45, 7) is 0. The minimum Gasteiger partial charge on any atom is -0.496 e. The van der Waals surface area contributed by atoms with Crippen LogP contribution in [0.5, 0.6) is 5.75 Å². The molecule has 20 heavy (non-hydrogen) atoms. The fourth-order valence-electron chi connectivity index (χ4n) is 3.02. The largest absolute Gasteiger partial charge is 0.496 e. The number of hydrogen-bond donors (Lipinski definition) is 1. The van der Waals surface area contributed by atoms with Gasteiger partial charge in [-0.3, -0.25) is 0 Å². The Balaban J connectivity index is 2.18. The van der Waals surface area contributed by atoms with Crippen LogP contribution in [0.1, 0.15) is 37.4 Å². The molecule has 1 saturated carbocycles. The van der Waals surface area contributed by atoms with E-state index in [1.165, 1.54) is 6.26 Å². The van der Waals surface area contributed by atoms with Crippen molar-refractivity contribution in [3.05, 3.63) is 29.8 Å². The number of aliphatic hydroxyl groups is 1. The molecule has 3 atom stereocenters. The van der Waals surface area contributed by atoms with Crippen molar-refractivity contribution in [2.24, 2.45) is 5.92 Å². The molecule has 1 aliphatic rings. The molecule has 1 fully saturated rings. The summed E-state index contributed by atoms with van der Waals surface area (Å²) in [5.41, 5.74) is 0.745. The average molecular weight is 298 g/mol. The van der Waals surface area contributed by atoms with E-state index in [0.717, 1.165) is 18.4 Å². The molecule has 0 amide bonds. The lowest BCUT2D eigenvalue weighted by Gasteiger charge is -2.31. The van der Waals surface area contributed by atoms with Crippen molar-refractivity contribution in [2.75, 3.05) is 13.4 Å². The van der Waals surface area contributed by atoms with Crippen molar-refractivity contribution in [3.63, 3.8) is 0 Å². The first-order valence-electron chi connectivity index (χ1n) is 6.93. The highest BCUT2D eigenvalue weighted by Gasteiger charge is 2.33. The standard InChI is InChI=1S/C15H22O4S/c1-19-14-9-4-3-8-13(14)15(16)11-6-5-7-12(10-11)20(2,17)18/h3-4,8-9,11-12,15-16H,5-7,10H2,1-2H3. The molecule has 0 bridgehead atoms. The Morgan fingerprint density at radius 2 is 2.00 bits per heavy atom. The van der Waals surface area contributed by atoms with Crippen LogP contribution in [0.4, 0.5) is 0 Å². The molecule has 5 heteroatoms. The molecular formula is C15H22O4S. The highest BCUT2D eigenvalue weighted by atomic mass is 32.2. The maximum absolute atomic E-state index is 11.7. The predicted octanol–water partition coefficient (Wildman–Crippen LogP) is 2.33. The van der Waals surface area contributed by atoms with Crippen LogP contribution in [0, 0.1) is 5.92 Å². The topological polar surface area (TPSA) is 63.6 Å². The summed E-state index contributed by atoms with van der Waals surface area (Å²) in [6, 6.07) is 7.37. The second-order valence-electron chi connectivity index (χ2n) is 5.57. The number of hydrogen-bond acceptors (Lipinski definition) is 4. The van der Waals surface area contributed by atoms with Crippen LogP contribution in [0.25, 0.3) is 0 Å². The van der Waals surface area contributed by atoms with Gasteiger partial charge in [0.25, 0.3) is 0 Å². The van der Waals surface area contributed by atoms with Crippen molar-refractivity contribution in [3.8, 4) is 5.75 Å². The van der Waals surface area contributed by atoms with Gasteiger partial charge in [0.05, 0.1) is 18.5 Å². The second-order valence-corrected chi connectivity index (χ2v) is 7.89. The van der Waals surface area contributed by atoms with Gasteiger partial charge in [-0.15, -0.1) is 0 Å². The van der Waals surface area contributed by atoms with E-state index in [0.29, 0.717) is 18.6 Å². The highest BCUT2D eigenvalue weighted by molar-refractivity contribution is 7.91. The van der Waals surface area contributed by atoms with E-state index in [-0.39, 0.29) is 11.2 Å². The van der Waals surface area contributed by atoms with Gasteiger partial charge < -0.3 is 9.84 Å². The maximum atomic E-state index is 11.7. The Bertz CT molecular complexity index is 553. The number of benzene rings is 1. The van der Waals surface area contributed by atoms with Crippen molar-refractivity contribution in [2.45, 2.75) is 37.0 Å². The Labute approximate surface area is 120 Å². The van der Waals surface area contributed by atoms with E-state index in [4.69, 9.17) is 4.74 Å². The molecule has 0 heterocycles. The van der Waals surface area contributed by atoms with Crippen LogP contribution in [0.2, 0.25) is 0 Å². The Hall–Kier alpha value is -1.07. The fourth-order valence-corrected chi connectivity index (χ4v) is 4.21. The van der Waals surface area contributed by atoms with E-state index >= 15 is 0 Å². The van der Waals surface area contributed by atoms with E-state index in [1.807, 2.05) is 24.3 Å². The third-order valence-electron chi connectivity index (χ3n) is 4.18. The highest BCUT2D eigenvalue weighted by Crippen LogP contribution is 2.39. The number of sulfone groups is 1. The minimum absolute atomic E-state index is 0.0280. The minimum atomic E-state index is -3.03. The monoisotopic (exact) mass is 298 g/mol. The summed E-state index contributed by atoms with van der Waals surface area (Å²) in [7, 11) is -1.46. The summed E-state index contributed by atoms with van der Waals surface area (Å²) < 4.78 is 28.7. The SMILES string of the molecule is COc1ccccc1C(O)C1CCCC(S(C)(=O)=O)C1. The zero-order chi connectivity index (χ0) is 14.8. The van der Waals surface area contributed by atoms with Gasteiger partial charge >= 0.3 is 0 Å². The van der Waals surface area contributed by atoms with Gasteiger partial charge in [-0.25, -0.2) is 8.42 Å². The van der Waals surface area contributed by atoms with Crippen LogP contribution in [0.3, 0.4) is 0 Å². The van der Waals surface area contributed by atoms with Crippen LogP contribution >= 0.6 is 0 Å². The van der Waals surface area contributed by atoms with E-state index < -0.39 is 15.9 Å². The van der Waals surface area contributed by atoms with Crippen molar-refractivity contribution in [1.29, 1.82) is 0 Å². The van der Waals surface area contributed by atoms with E-state index in [9.17, 15) is 13.5 Å². The van der Waals surface area contributed by atoms with E-state index in [1.54, 1.807) is 7.11 Å². The molecule has 4 nitrogen and oxygen atoms in total. The average Bonchev–Trinajstić information content (AvgIpc) is 2.45. The summed E-state index contributed by atoms with van der Waals surface area (Å²) in [6.07, 6.45) is 3.54. The molecule has 0 aromatic heterocycles. The summed E-state index contributed by atoms with van der Waals surface area (Å²) >= 11 is 0. The van der Waals surface area contributed by atoms with Gasteiger partial charge in [-0.05, 0) is 31.2 Å². The summed E-state index contributed by atoms with van der Waals surface area (Å²) in [5, 5.41) is 10.2. The maximum Gasteiger partial charge on any atom is 0.150 e. The Morgan fingerprint density at radius 1 is 1.30 bits per heavy atom. The zero-order valence-electron chi connectivity index (χ0n) is 12.0. The normalized spacial score (nSPS) is 25.1. The molecule has 1 aromatic carbocycles. The van der Waals surface area contributed by atoms with Crippen LogP contribution in [-0.2, 0) is 9.84 Å². The first kappa shape index (κ1) is 15.3. The third-order valence-corrected chi connectivity index (χ3v) is 5.82. The van der Waals surface area contributed by atoms with E-state index in [2.05, 4.69) is 0 Å².